The first-order chi connectivity index (χ1) is 15.0. The highest BCUT2D eigenvalue weighted by atomic mass is 19.1. The number of carbonyl (C=O) groups is 1. The van der Waals surface area contributed by atoms with E-state index in [1.807, 2.05) is 50.2 Å². The molecule has 2 heterocycles. The lowest BCUT2D eigenvalue weighted by Gasteiger charge is -2.30. The third-order valence-electron chi connectivity index (χ3n) is 5.47. The minimum Gasteiger partial charge on any atom is -0.378 e. The molecule has 0 atom stereocenters. The van der Waals surface area contributed by atoms with Crippen LogP contribution in [0.5, 0.6) is 0 Å². The third kappa shape index (κ3) is 4.59. The number of morpholine rings is 1. The van der Waals surface area contributed by atoms with Crippen LogP contribution in [0.4, 0.5) is 15.9 Å². The second kappa shape index (κ2) is 9.27. The van der Waals surface area contributed by atoms with E-state index in [4.69, 9.17) is 4.74 Å². The Balaban J connectivity index is 1.74. The van der Waals surface area contributed by atoms with Gasteiger partial charge in [0.25, 0.3) is 5.91 Å². The molecule has 1 aliphatic heterocycles. The maximum Gasteiger partial charge on any atom is 0.258 e. The first-order valence-corrected chi connectivity index (χ1v) is 10.5. The summed E-state index contributed by atoms with van der Waals surface area (Å²) in [5, 5.41) is 2.96. The number of carbonyl (C=O) groups excluding carboxylic acids is 1. The first kappa shape index (κ1) is 21.0. The molecule has 3 aromatic rings. The fourth-order valence-electron chi connectivity index (χ4n) is 3.70. The summed E-state index contributed by atoms with van der Waals surface area (Å²) in [6.45, 7) is 6.51. The molecule has 1 amide bonds. The number of anilines is 2. The van der Waals surface area contributed by atoms with Gasteiger partial charge in [-0.1, -0.05) is 50.2 Å². The molecule has 1 N–H and O–H groups in total. The molecule has 0 saturated carbocycles. The Kier molecular flexibility index (Phi) is 6.28. The molecule has 31 heavy (non-hydrogen) atoms. The van der Waals surface area contributed by atoms with Crippen LogP contribution in [0.2, 0.25) is 0 Å². The SMILES string of the molecule is CC(C)c1ccc(C(=O)Nc2c(-c3ccccc3)ccnc2N2CCOCC2)c(F)c1. The van der Waals surface area contributed by atoms with Gasteiger partial charge < -0.3 is 15.0 Å². The average Bonchev–Trinajstić information content (AvgIpc) is 2.80. The van der Waals surface area contributed by atoms with E-state index in [0.717, 1.165) is 16.7 Å². The Labute approximate surface area is 181 Å². The van der Waals surface area contributed by atoms with Crippen LogP contribution in [0.3, 0.4) is 0 Å². The van der Waals surface area contributed by atoms with Crippen LogP contribution in [0.25, 0.3) is 11.1 Å². The molecule has 4 rings (SSSR count). The van der Waals surface area contributed by atoms with Gasteiger partial charge in [-0.15, -0.1) is 0 Å². The lowest BCUT2D eigenvalue weighted by Crippen LogP contribution is -2.37. The minimum absolute atomic E-state index is 0.0141. The minimum atomic E-state index is -0.526. The largest absolute Gasteiger partial charge is 0.378 e. The molecule has 1 saturated heterocycles. The lowest BCUT2D eigenvalue weighted by atomic mass is 10.0. The molecular weight excluding hydrogens is 393 g/mol. The van der Waals surface area contributed by atoms with Crippen molar-refractivity contribution < 1.29 is 13.9 Å². The van der Waals surface area contributed by atoms with Crippen LogP contribution in [0.15, 0.2) is 60.8 Å². The molecular formula is C25H26FN3O2. The molecule has 0 radical (unpaired) electrons. The fraction of sp³-hybridized carbons (Fsp3) is 0.280. The number of pyridine rings is 1. The second-order valence-electron chi connectivity index (χ2n) is 7.87. The number of halogens is 1. The molecule has 1 aliphatic rings. The van der Waals surface area contributed by atoms with Crippen molar-refractivity contribution >= 4 is 17.4 Å². The van der Waals surface area contributed by atoms with E-state index < -0.39 is 11.7 Å². The number of aromatic nitrogens is 1. The third-order valence-corrected chi connectivity index (χ3v) is 5.47. The van der Waals surface area contributed by atoms with Gasteiger partial charge in [0.2, 0.25) is 0 Å². The van der Waals surface area contributed by atoms with E-state index in [1.165, 1.54) is 6.07 Å². The standard InChI is InChI=1S/C25H26FN3O2/c1-17(2)19-8-9-21(22(26)16-19)25(30)28-23-20(18-6-4-3-5-7-18)10-11-27-24(23)29-12-14-31-15-13-29/h3-11,16-17H,12-15H2,1-2H3,(H,28,30). The molecule has 160 valence electrons. The molecule has 0 bridgehead atoms. The Morgan fingerprint density at radius 3 is 2.52 bits per heavy atom. The first-order valence-electron chi connectivity index (χ1n) is 10.5. The molecule has 1 fully saturated rings. The zero-order chi connectivity index (χ0) is 21.8. The molecule has 6 heteroatoms. The monoisotopic (exact) mass is 419 g/mol. The molecule has 0 aliphatic carbocycles. The van der Waals surface area contributed by atoms with E-state index in [2.05, 4.69) is 15.2 Å². The van der Waals surface area contributed by atoms with Crippen molar-refractivity contribution in [3.8, 4) is 11.1 Å². The van der Waals surface area contributed by atoms with Crippen LogP contribution in [0, 0.1) is 5.82 Å². The predicted octanol–water partition coefficient (Wildman–Crippen LogP) is 5.10. The summed E-state index contributed by atoms with van der Waals surface area (Å²) in [7, 11) is 0. The summed E-state index contributed by atoms with van der Waals surface area (Å²) in [4.78, 5) is 19.8. The van der Waals surface area contributed by atoms with Crippen molar-refractivity contribution in [3.63, 3.8) is 0 Å². The van der Waals surface area contributed by atoms with Crippen molar-refractivity contribution in [2.24, 2.45) is 0 Å². The van der Waals surface area contributed by atoms with Gasteiger partial charge in [0.15, 0.2) is 5.82 Å². The van der Waals surface area contributed by atoms with Crippen molar-refractivity contribution in [1.29, 1.82) is 0 Å². The van der Waals surface area contributed by atoms with Crippen LogP contribution < -0.4 is 10.2 Å². The summed E-state index contributed by atoms with van der Waals surface area (Å²) in [5.41, 5.74) is 3.23. The van der Waals surface area contributed by atoms with E-state index >= 15 is 0 Å². The van der Waals surface area contributed by atoms with Gasteiger partial charge >= 0.3 is 0 Å². The average molecular weight is 420 g/mol. The zero-order valence-corrected chi connectivity index (χ0v) is 17.8. The highest BCUT2D eigenvalue weighted by Gasteiger charge is 2.22. The van der Waals surface area contributed by atoms with Crippen molar-refractivity contribution in [2.45, 2.75) is 19.8 Å². The highest BCUT2D eigenvalue weighted by Crippen LogP contribution is 2.35. The number of nitrogens with one attached hydrogen (secondary N) is 1. The van der Waals surface area contributed by atoms with Crippen molar-refractivity contribution in [2.75, 3.05) is 36.5 Å². The smallest absolute Gasteiger partial charge is 0.258 e. The summed E-state index contributed by atoms with van der Waals surface area (Å²) in [6, 6.07) is 16.4. The van der Waals surface area contributed by atoms with Gasteiger partial charge in [-0.25, -0.2) is 9.37 Å². The summed E-state index contributed by atoms with van der Waals surface area (Å²) >= 11 is 0. The van der Waals surface area contributed by atoms with Gasteiger partial charge in [0.05, 0.1) is 24.5 Å². The Morgan fingerprint density at radius 2 is 1.84 bits per heavy atom. The second-order valence-corrected chi connectivity index (χ2v) is 7.87. The molecule has 1 aromatic heterocycles. The van der Waals surface area contributed by atoms with E-state index in [-0.39, 0.29) is 11.5 Å². The Bertz CT molecular complexity index is 1060. The highest BCUT2D eigenvalue weighted by molar-refractivity contribution is 6.08. The van der Waals surface area contributed by atoms with E-state index in [9.17, 15) is 9.18 Å². The van der Waals surface area contributed by atoms with Crippen molar-refractivity contribution in [3.05, 3.63) is 77.7 Å². The zero-order valence-electron chi connectivity index (χ0n) is 17.8. The number of amides is 1. The maximum absolute atomic E-state index is 14.7. The molecule has 2 aromatic carbocycles. The number of hydrogen-bond acceptors (Lipinski definition) is 4. The normalized spacial score (nSPS) is 14.0. The lowest BCUT2D eigenvalue weighted by molar-refractivity contribution is 0.102. The van der Waals surface area contributed by atoms with Gasteiger partial charge in [0.1, 0.15) is 5.82 Å². The Hall–Kier alpha value is -3.25. The van der Waals surface area contributed by atoms with Crippen LogP contribution in [0.1, 0.15) is 35.7 Å². The molecule has 5 nitrogen and oxygen atoms in total. The van der Waals surface area contributed by atoms with E-state index in [0.29, 0.717) is 37.8 Å². The maximum atomic E-state index is 14.7. The molecule has 0 spiro atoms. The van der Waals surface area contributed by atoms with Crippen LogP contribution in [-0.2, 0) is 4.74 Å². The van der Waals surface area contributed by atoms with Gasteiger partial charge in [-0.2, -0.15) is 0 Å². The summed E-state index contributed by atoms with van der Waals surface area (Å²) < 4.78 is 20.2. The predicted molar refractivity (Wildman–Crippen MR) is 121 cm³/mol. The number of ether oxygens (including phenoxy) is 1. The number of rotatable bonds is 5. The fourth-order valence-corrected chi connectivity index (χ4v) is 3.70. The number of benzene rings is 2. The van der Waals surface area contributed by atoms with Crippen LogP contribution >= 0.6 is 0 Å². The Morgan fingerprint density at radius 1 is 1.10 bits per heavy atom. The quantitative estimate of drug-likeness (QED) is 0.625. The van der Waals surface area contributed by atoms with E-state index in [1.54, 1.807) is 18.3 Å². The van der Waals surface area contributed by atoms with Gasteiger partial charge in [0, 0.05) is 24.8 Å². The van der Waals surface area contributed by atoms with Crippen LogP contribution in [-0.4, -0.2) is 37.2 Å². The summed E-state index contributed by atoms with van der Waals surface area (Å²) in [6.07, 6.45) is 1.74. The van der Waals surface area contributed by atoms with Gasteiger partial charge in [-0.05, 0) is 35.2 Å². The topological polar surface area (TPSA) is 54.5 Å². The summed E-state index contributed by atoms with van der Waals surface area (Å²) in [5.74, 6) is -0.172. The van der Waals surface area contributed by atoms with Crippen molar-refractivity contribution in [1.82, 2.24) is 4.98 Å². The number of hydrogen-bond donors (Lipinski definition) is 1. The number of nitrogens with zero attached hydrogens (tertiary/aromatic N) is 2. The molecule has 0 unspecified atom stereocenters. The van der Waals surface area contributed by atoms with Gasteiger partial charge in [-0.3, -0.25) is 4.79 Å².